The quantitative estimate of drug-likeness (QED) is 0.570. The molecule has 1 atom stereocenters. The highest BCUT2D eigenvalue weighted by molar-refractivity contribution is 9.11. The molecule has 0 saturated carbocycles. The topological polar surface area (TPSA) is 72.5 Å². The van der Waals surface area contributed by atoms with E-state index in [-0.39, 0.29) is 13.0 Å². The van der Waals surface area contributed by atoms with Gasteiger partial charge in [0.25, 0.3) is 0 Å². The van der Waals surface area contributed by atoms with Crippen LogP contribution < -0.4 is 10.5 Å². The fourth-order valence-electron chi connectivity index (χ4n) is 2.02. The summed E-state index contributed by atoms with van der Waals surface area (Å²) in [4.78, 5) is 10.6. The highest BCUT2D eigenvalue weighted by atomic mass is 79.9. The first-order chi connectivity index (χ1) is 11.3. The van der Waals surface area contributed by atoms with E-state index in [4.69, 9.17) is 27.2 Å². The molecule has 3 N–H and O–H groups in total. The van der Waals surface area contributed by atoms with Gasteiger partial charge in [0.15, 0.2) is 0 Å². The van der Waals surface area contributed by atoms with Crippen LogP contribution in [-0.4, -0.2) is 17.2 Å². The van der Waals surface area contributed by atoms with Crippen molar-refractivity contribution in [1.29, 1.82) is 0 Å². The van der Waals surface area contributed by atoms with Crippen molar-refractivity contribution in [1.82, 2.24) is 0 Å². The summed E-state index contributed by atoms with van der Waals surface area (Å²) in [5, 5.41) is 9.08. The Morgan fingerprint density at radius 2 is 1.96 bits per heavy atom. The first-order valence-corrected chi connectivity index (χ1v) is 8.76. The molecule has 0 spiro atoms. The molecule has 0 amide bonds. The van der Waals surface area contributed by atoms with E-state index < -0.39 is 12.1 Å². The number of ether oxygens (including phenoxy) is 1. The summed E-state index contributed by atoms with van der Waals surface area (Å²) < 4.78 is 20.2. The lowest BCUT2D eigenvalue weighted by Gasteiger charge is -2.14. The van der Waals surface area contributed by atoms with Crippen molar-refractivity contribution in [2.24, 2.45) is 0 Å². The molecular formula is C16H13Br2ClFNO3. The van der Waals surface area contributed by atoms with E-state index in [0.717, 1.165) is 5.56 Å². The van der Waals surface area contributed by atoms with Gasteiger partial charge in [-0.1, -0.05) is 23.7 Å². The van der Waals surface area contributed by atoms with Gasteiger partial charge >= 0.3 is 5.97 Å². The number of anilines is 1. The second-order valence-corrected chi connectivity index (χ2v) is 7.09. The number of alkyl halides is 1. The summed E-state index contributed by atoms with van der Waals surface area (Å²) in [5.74, 6) is -0.984. The lowest BCUT2D eigenvalue weighted by atomic mass is 10.1. The Labute approximate surface area is 160 Å². The van der Waals surface area contributed by atoms with Crippen LogP contribution in [0.2, 0.25) is 5.02 Å². The summed E-state index contributed by atoms with van der Waals surface area (Å²) >= 11 is 12.8. The zero-order chi connectivity index (χ0) is 17.9. The fourth-order valence-corrected chi connectivity index (χ4v) is 3.71. The maximum Gasteiger partial charge on any atom is 0.338 e. The number of aliphatic carboxylic acids is 1. The molecule has 0 aliphatic rings. The monoisotopic (exact) mass is 479 g/mol. The number of rotatable bonds is 6. The van der Waals surface area contributed by atoms with E-state index in [9.17, 15) is 9.18 Å². The molecule has 0 aliphatic heterocycles. The van der Waals surface area contributed by atoms with Crippen LogP contribution in [0, 0.1) is 0 Å². The van der Waals surface area contributed by atoms with Gasteiger partial charge in [0.2, 0.25) is 6.17 Å². The van der Waals surface area contributed by atoms with Gasteiger partial charge < -0.3 is 15.6 Å². The number of halogens is 4. The number of nitrogen functional groups attached to an aromatic ring is 1. The first-order valence-electron chi connectivity index (χ1n) is 6.80. The normalized spacial score (nSPS) is 12.0. The van der Waals surface area contributed by atoms with Gasteiger partial charge in [-0.15, -0.1) is 0 Å². The van der Waals surface area contributed by atoms with Crippen LogP contribution in [0.4, 0.5) is 10.1 Å². The van der Waals surface area contributed by atoms with Crippen LogP contribution in [0.5, 0.6) is 5.75 Å². The zero-order valence-electron chi connectivity index (χ0n) is 12.2. The SMILES string of the molecule is Nc1cccc(COc2c(Br)cc(C[C@H](F)C(=O)O)cc2Br)c1Cl. The number of nitrogens with two attached hydrogens (primary N) is 1. The molecule has 8 heteroatoms. The number of carboxylic acids is 1. The van der Waals surface area contributed by atoms with Crippen LogP contribution in [0.1, 0.15) is 11.1 Å². The highest BCUT2D eigenvalue weighted by Crippen LogP contribution is 2.36. The molecule has 24 heavy (non-hydrogen) atoms. The summed E-state index contributed by atoms with van der Waals surface area (Å²) in [7, 11) is 0. The molecule has 0 aromatic heterocycles. The third-order valence-corrected chi connectivity index (χ3v) is 4.86. The first kappa shape index (κ1) is 19.0. The molecule has 0 heterocycles. The average Bonchev–Trinajstić information content (AvgIpc) is 2.50. The van der Waals surface area contributed by atoms with Crippen molar-refractivity contribution in [3.8, 4) is 5.75 Å². The zero-order valence-corrected chi connectivity index (χ0v) is 16.2. The lowest BCUT2D eigenvalue weighted by Crippen LogP contribution is -2.17. The minimum atomic E-state index is -1.96. The Hall–Kier alpha value is -1.31. The highest BCUT2D eigenvalue weighted by Gasteiger charge is 2.18. The molecule has 0 radical (unpaired) electrons. The van der Waals surface area contributed by atoms with Gasteiger partial charge in [-0.2, -0.15) is 0 Å². The van der Waals surface area contributed by atoms with Gasteiger partial charge in [0.1, 0.15) is 12.4 Å². The van der Waals surface area contributed by atoms with Crippen molar-refractivity contribution in [2.75, 3.05) is 5.73 Å². The minimum Gasteiger partial charge on any atom is -0.486 e. The fraction of sp³-hybridized carbons (Fsp3) is 0.188. The number of hydrogen-bond donors (Lipinski definition) is 2. The standard InChI is InChI=1S/C16H13Br2ClFNO3/c17-10-4-8(6-12(20)16(22)23)5-11(18)15(10)24-7-9-2-1-3-13(21)14(9)19/h1-5,12H,6-7,21H2,(H,22,23)/t12-/m0/s1. The van der Waals surface area contributed by atoms with Crippen LogP contribution in [0.25, 0.3) is 0 Å². The van der Waals surface area contributed by atoms with E-state index in [1.165, 1.54) is 0 Å². The van der Waals surface area contributed by atoms with Crippen molar-refractivity contribution in [3.63, 3.8) is 0 Å². The van der Waals surface area contributed by atoms with Gasteiger partial charge in [-0.3, -0.25) is 0 Å². The van der Waals surface area contributed by atoms with Crippen LogP contribution in [0.3, 0.4) is 0 Å². The van der Waals surface area contributed by atoms with E-state index in [1.54, 1.807) is 30.3 Å². The smallest absolute Gasteiger partial charge is 0.338 e. The van der Waals surface area contributed by atoms with Gasteiger partial charge in [-0.05, 0) is 55.6 Å². The van der Waals surface area contributed by atoms with E-state index >= 15 is 0 Å². The lowest BCUT2D eigenvalue weighted by molar-refractivity contribution is -0.142. The number of carbonyl (C=O) groups is 1. The van der Waals surface area contributed by atoms with Crippen LogP contribution in [-0.2, 0) is 17.8 Å². The van der Waals surface area contributed by atoms with Gasteiger partial charge in [-0.25, -0.2) is 9.18 Å². The molecule has 0 saturated heterocycles. The maximum atomic E-state index is 13.3. The number of benzene rings is 2. The van der Waals surface area contributed by atoms with Crippen molar-refractivity contribution in [2.45, 2.75) is 19.2 Å². The Kier molecular flexibility index (Phi) is 6.48. The Bertz CT molecular complexity index is 750. The molecule has 4 nitrogen and oxygen atoms in total. The van der Waals surface area contributed by atoms with E-state index in [0.29, 0.717) is 31.0 Å². The predicted molar refractivity (Wildman–Crippen MR) is 98.3 cm³/mol. The van der Waals surface area contributed by atoms with Gasteiger partial charge in [0, 0.05) is 12.0 Å². The number of hydrogen-bond acceptors (Lipinski definition) is 3. The molecule has 2 aromatic rings. The molecule has 0 aliphatic carbocycles. The summed E-state index contributed by atoms with van der Waals surface area (Å²) in [6.07, 6.45) is -2.19. The summed E-state index contributed by atoms with van der Waals surface area (Å²) in [6.45, 7) is 0.196. The molecule has 2 rings (SSSR count). The van der Waals surface area contributed by atoms with Crippen LogP contribution >= 0.6 is 43.5 Å². The second-order valence-electron chi connectivity index (χ2n) is 5.01. The Balaban J connectivity index is 2.16. The Morgan fingerprint density at radius 3 is 2.54 bits per heavy atom. The van der Waals surface area contributed by atoms with Crippen molar-refractivity contribution in [3.05, 3.63) is 55.4 Å². The van der Waals surface area contributed by atoms with E-state index in [1.807, 2.05) is 0 Å². The number of carboxylic acid groups (broad SMARTS) is 1. The largest absolute Gasteiger partial charge is 0.486 e. The van der Waals surface area contributed by atoms with Crippen molar-refractivity contribution < 1.29 is 19.0 Å². The molecular weight excluding hydrogens is 468 g/mol. The molecule has 0 unspecified atom stereocenters. The molecule has 128 valence electrons. The van der Waals surface area contributed by atoms with E-state index in [2.05, 4.69) is 31.9 Å². The van der Waals surface area contributed by atoms with Crippen molar-refractivity contribution >= 4 is 55.1 Å². The predicted octanol–water partition coefficient (Wildman–Crippen LogP) is 4.99. The third-order valence-electron chi connectivity index (χ3n) is 3.22. The average molecular weight is 482 g/mol. The maximum absolute atomic E-state index is 13.3. The third kappa shape index (κ3) is 4.62. The molecule has 2 aromatic carbocycles. The van der Waals surface area contributed by atoms with Crippen LogP contribution in [0.15, 0.2) is 39.3 Å². The summed E-state index contributed by atoms with van der Waals surface area (Å²) in [6, 6.07) is 8.52. The minimum absolute atomic E-state index is 0.196. The second kappa shape index (κ2) is 8.18. The Morgan fingerprint density at radius 1 is 1.33 bits per heavy atom. The van der Waals surface area contributed by atoms with Gasteiger partial charge in [0.05, 0.1) is 19.7 Å². The molecule has 0 bridgehead atoms. The summed E-state index contributed by atoms with van der Waals surface area (Å²) in [5.41, 5.74) is 7.47. The molecule has 0 fully saturated rings.